The monoisotopic (exact) mass is 266 g/mol. The second kappa shape index (κ2) is 4.68. The number of rotatable bonds is 3. The van der Waals surface area contributed by atoms with Crippen molar-refractivity contribution >= 4 is 22.2 Å². The topological polar surface area (TPSA) is 59.3 Å². The van der Waals surface area contributed by atoms with E-state index in [9.17, 15) is 4.79 Å². The van der Waals surface area contributed by atoms with Crippen molar-refractivity contribution in [2.45, 2.75) is 40.7 Å². The molecule has 0 aliphatic heterocycles. The summed E-state index contributed by atoms with van der Waals surface area (Å²) in [6.07, 6.45) is 2.38. The summed E-state index contributed by atoms with van der Waals surface area (Å²) in [5.74, 6) is 0.0583. The fourth-order valence-corrected chi connectivity index (χ4v) is 2.41. The zero-order valence-electron chi connectivity index (χ0n) is 11.1. The van der Waals surface area contributed by atoms with Crippen molar-refractivity contribution in [1.29, 1.82) is 0 Å². The highest BCUT2D eigenvalue weighted by Gasteiger charge is 2.16. The third-order valence-corrected chi connectivity index (χ3v) is 3.19. The highest BCUT2D eigenvalue weighted by atomic mass is 32.1. The first kappa shape index (κ1) is 13.0. The summed E-state index contributed by atoms with van der Waals surface area (Å²) in [5, 5.41) is 8.15. The van der Waals surface area contributed by atoms with Crippen molar-refractivity contribution in [3.05, 3.63) is 16.9 Å². The smallest absolute Gasteiger partial charge is 0.220 e. The molecular weight excluding hydrogens is 248 g/mol. The minimum Gasteiger partial charge on any atom is -0.350 e. The van der Waals surface area contributed by atoms with Gasteiger partial charge in [0.15, 0.2) is 0 Å². The van der Waals surface area contributed by atoms with Crippen LogP contribution in [0, 0.1) is 12.3 Å². The van der Waals surface area contributed by atoms with Gasteiger partial charge in [-0.2, -0.15) is 5.10 Å². The molecule has 2 rings (SSSR count). The lowest BCUT2D eigenvalue weighted by atomic mass is 9.92. The number of hydrogen-bond acceptors (Lipinski definition) is 4. The van der Waals surface area contributed by atoms with Gasteiger partial charge in [-0.1, -0.05) is 32.1 Å². The van der Waals surface area contributed by atoms with Crippen LogP contribution < -0.4 is 5.32 Å². The molecular formula is C12H18N4OS. The van der Waals surface area contributed by atoms with Gasteiger partial charge >= 0.3 is 0 Å². The van der Waals surface area contributed by atoms with E-state index in [0.717, 1.165) is 15.7 Å². The van der Waals surface area contributed by atoms with Crippen LogP contribution in [0.15, 0.2) is 6.20 Å². The quantitative estimate of drug-likeness (QED) is 0.926. The van der Waals surface area contributed by atoms with E-state index in [2.05, 4.69) is 15.4 Å². The largest absolute Gasteiger partial charge is 0.350 e. The van der Waals surface area contributed by atoms with E-state index in [1.54, 1.807) is 15.9 Å². The lowest BCUT2D eigenvalue weighted by Gasteiger charge is -2.16. The molecule has 0 saturated carbocycles. The maximum atomic E-state index is 11.7. The third kappa shape index (κ3) is 3.29. The highest BCUT2D eigenvalue weighted by Crippen LogP contribution is 2.18. The Bertz CT molecular complexity index is 533. The minimum absolute atomic E-state index is 0.0112. The van der Waals surface area contributed by atoms with Crippen LogP contribution in [0.4, 0.5) is 0 Å². The van der Waals surface area contributed by atoms with Crippen molar-refractivity contribution in [1.82, 2.24) is 19.9 Å². The van der Waals surface area contributed by atoms with E-state index >= 15 is 0 Å². The number of amides is 1. The van der Waals surface area contributed by atoms with Crippen LogP contribution >= 0.6 is 11.3 Å². The first-order valence-corrected chi connectivity index (χ1v) is 6.73. The van der Waals surface area contributed by atoms with Crippen molar-refractivity contribution in [3.63, 3.8) is 0 Å². The molecule has 0 atom stereocenters. The highest BCUT2D eigenvalue weighted by molar-refractivity contribution is 7.16. The number of fused-ring (bicyclic) bond motifs is 1. The van der Waals surface area contributed by atoms with E-state index in [0.29, 0.717) is 13.0 Å². The molecule has 2 aromatic heterocycles. The molecule has 0 spiro atoms. The molecule has 2 heterocycles. The number of nitrogens with zero attached hydrogens (tertiary/aromatic N) is 3. The Morgan fingerprint density at radius 2 is 2.22 bits per heavy atom. The predicted molar refractivity (Wildman–Crippen MR) is 71.5 cm³/mol. The number of imidazole rings is 1. The number of carbonyl (C=O) groups is 1. The molecule has 0 saturated heterocycles. The Hall–Kier alpha value is -1.43. The number of aryl methyl sites for hydroxylation is 1. The SMILES string of the molecule is Cc1nn2cc(CNC(=O)CC(C)(C)C)nc2s1. The third-order valence-electron chi connectivity index (χ3n) is 2.35. The second-order valence-corrected chi connectivity index (χ2v) is 6.75. The number of aromatic nitrogens is 3. The van der Waals surface area contributed by atoms with Gasteiger partial charge in [-0.3, -0.25) is 4.79 Å². The van der Waals surface area contributed by atoms with Crippen LogP contribution in [0.25, 0.3) is 4.96 Å². The fraction of sp³-hybridized carbons (Fsp3) is 0.583. The minimum atomic E-state index is 0.0112. The average Bonchev–Trinajstić information content (AvgIpc) is 2.68. The zero-order chi connectivity index (χ0) is 13.3. The number of nitrogens with one attached hydrogen (secondary N) is 1. The van der Waals surface area contributed by atoms with E-state index in [1.165, 1.54) is 0 Å². The van der Waals surface area contributed by atoms with Crippen LogP contribution in [0.2, 0.25) is 0 Å². The molecule has 0 bridgehead atoms. The molecule has 0 aromatic carbocycles. The summed E-state index contributed by atoms with van der Waals surface area (Å²) in [4.78, 5) is 17.0. The van der Waals surface area contributed by atoms with Crippen molar-refractivity contribution < 1.29 is 4.79 Å². The molecule has 5 nitrogen and oxygen atoms in total. The van der Waals surface area contributed by atoms with Crippen LogP contribution in [0.3, 0.4) is 0 Å². The summed E-state index contributed by atoms with van der Waals surface area (Å²) < 4.78 is 1.76. The van der Waals surface area contributed by atoms with Gasteiger partial charge in [0, 0.05) is 6.42 Å². The van der Waals surface area contributed by atoms with Gasteiger partial charge in [0.05, 0.1) is 18.4 Å². The zero-order valence-corrected chi connectivity index (χ0v) is 12.0. The molecule has 6 heteroatoms. The Balaban J connectivity index is 1.93. The Morgan fingerprint density at radius 1 is 1.50 bits per heavy atom. The van der Waals surface area contributed by atoms with Crippen LogP contribution in [-0.2, 0) is 11.3 Å². The predicted octanol–water partition coefficient (Wildman–Crippen LogP) is 2.15. The van der Waals surface area contributed by atoms with Gasteiger partial charge in [-0.25, -0.2) is 9.50 Å². The molecule has 1 amide bonds. The summed E-state index contributed by atoms with van der Waals surface area (Å²) in [6, 6.07) is 0. The van der Waals surface area contributed by atoms with Gasteiger partial charge < -0.3 is 5.32 Å². The normalized spacial score (nSPS) is 12.0. The average molecular weight is 266 g/mol. The molecule has 0 fully saturated rings. The van der Waals surface area contributed by atoms with Gasteiger partial charge in [0.25, 0.3) is 0 Å². The second-order valence-electron chi connectivity index (χ2n) is 5.59. The first-order valence-electron chi connectivity index (χ1n) is 5.92. The van der Waals surface area contributed by atoms with Crippen LogP contribution in [-0.4, -0.2) is 20.5 Å². The van der Waals surface area contributed by atoms with E-state index in [1.807, 2.05) is 33.9 Å². The molecule has 0 unspecified atom stereocenters. The van der Waals surface area contributed by atoms with Gasteiger partial charge in [-0.15, -0.1) is 0 Å². The molecule has 1 N–H and O–H groups in total. The van der Waals surface area contributed by atoms with Crippen molar-refractivity contribution in [3.8, 4) is 0 Å². The molecule has 2 aromatic rings. The lowest BCUT2D eigenvalue weighted by molar-refractivity contribution is -0.122. The van der Waals surface area contributed by atoms with E-state index < -0.39 is 0 Å². The Kier molecular flexibility index (Phi) is 3.38. The molecule has 18 heavy (non-hydrogen) atoms. The van der Waals surface area contributed by atoms with Crippen LogP contribution in [0.5, 0.6) is 0 Å². The standard InChI is InChI=1S/C12H18N4OS/c1-8-15-16-7-9(14-11(16)18-8)6-13-10(17)5-12(2,3)4/h7H,5-6H2,1-4H3,(H,13,17). The summed E-state index contributed by atoms with van der Waals surface area (Å²) in [5.41, 5.74) is 0.855. The Labute approximate surface area is 110 Å². The maximum Gasteiger partial charge on any atom is 0.220 e. The van der Waals surface area contributed by atoms with Crippen molar-refractivity contribution in [2.24, 2.45) is 5.41 Å². The Morgan fingerprint density at radius 3 is 2.83 bits per heavy atom. The van der Waals surface area contributed by atoms with Crippen molar-refractivity contribution in [2.75, 3.05) is 0 Å². The number of hydrogen-bond donors (Lipinski definition) is 1. The lowest BCUT2D eigenvalue weighted by Crippen LogP contribution is -2.27. The molecule has 98 valence electrons. The first-order chi connectivity index (χ1) is 8.33. The summed E-state index contributed by atoms with van der Waals surface area (Å²) in [7, 11) is 0. The summed E-state index contributed by atoms with van der Waals surface area (Å²) >= 11 is 1.55. The van der Waals surface area contributed by atoms with Gasteiger partial charge in [0.2, 0.25) is 10.9 Å². The van der Waals surface area contributed by atoms with Crippen LogP contribution in [0.1, 0.15) is 37.9 Å². The maximum absolute atomic E-state index is 11.7. The fourth-order valence-electron chi connectivity index (χ4n) is 1.66. The summed E-state index contributed by atoms with van der Waals surface area (Å²) in [6.45, 7) is 8.55. The van der Waals surface area contributed by atoms with E-state index in [4.69, 9.17) is 0 Å². The van der Waals surface area contributed by atoms with E-state index in [-0.39, 0.29) is 11.3 Å². The molecule has 0 radical (unpaired) electrons. The molecule has 0 aliphatic carbocycles. The number of carbonyl (C=O) groups excluding carboxylic acids is 1. The molecule has 0 aliphatic rings. The van der Waals surface area contributed by atoms with Gasteiger partial charge in [-0.05, 0) is 12.3 Å². The van der Waals surface area contributed by atoms with Gasteiger partial charge in [0.1, 0.15) is 5.01 Å².